The molecule has 0 radical (unpaired) electrons. The maximum atomic E-state index is 14.2. The van der Waals surface area contributed by atoms with Gasteiger partial charge in [0, 0.05) is 22.6 Å². The predicted octanol–water partition coefficient (Wildman–Crippen LogP) is 7.09. The fourth-order valence-corrected chi connectivity index (χ4v) is 4.92. The number of carbonyl (C=O) groups excluding carboxylic acids is 2. The van der Waals surface area contributed by atoms with Crippen molar-refractivity contribution in [3.05, 3.63) is 92.8 Å². The number of hydrogen-bond donors (Lipinski definition) is 1. The number of aryl methyl sites for hydroxylation is 2. The van der Waals surface area contributed by atoms with Crippen LogP contribution in [0.5, 0.6) is 0 Å². The summed E-state index contributed by atoms with van der Waals surface area (Å²) >= 11 is 6.16. The number of hydrogen-bond acceptors (Lipinski definition) is 4. The van der Waals surface area contributed by atoms with Crippen molar-refractivity contribution in [2.45, 2.75) is 72.1 Å². The second-order valence-corrected chi connectivity index (χ2v) is 10.7. The van der Waals surface area contributed by atoms with Gasteiger partial charge in [-0.15, -0.1) is 0 Å². The molecule has 5 nitrogen and oxygen atoms in total. The number of carbonyl (C=O) groups is 2. The molecule has 7 heteroatoms. The number of nitrogens with one attached hydrogen (secondary N) is 1. The van der Waals surface area contributed by atoms with E-state index < -0.39 is 11.9 Å². The highest BCUT2D eigenvalue weighted by Crippen LogP contribution is 2.29. The maximum absolute atomic E-state index is 14.2. The van der Waals surface area contributed by atoms with Crippen molar-refractivity contribution in [2.75, 3.05) is 7.11 Å². The van der Waals surface area contributed by atoms with Gasteiger partial charge in [0.05, 0.1) is 25.9 Å². The summed E-state index contributed by atoms with van der Waals surface area (Å²) in [6.07, 6.45) is 5.04. The second-order valence-electron chi connectivity index (χ2n) is 10.2. The van der Waals surface area contributed by atoms with Crippen LogP contribution >= 0.6 is 11.6 Å². The summed E-state index contributed by atoms with van der Waals surface area (Å²) in [6.45, 7) is 8.32. The first-order valence-corrected chi connectivity index (χ1v) is 13.4. The molecule has 0 aromatic heterocycles. The quantitative estimate of drug-likeness (QED) is 0.308. The molecular weight excluding hydrogens is 505 g/mol. The average molecular weight is 542 g/mol. The van der Waals surface area contributed by atoms with E-state index in [-0.39, 0.29) is 36.5 Å². The number of benzene rings is 2. The number of halogens is 2. The summed E-state index contributed by atoms with van der Waals surface area (Å²) in [4.78, 5) is 25.5. The van der Waals surface area contributed by atoms with Crippen LogP contribution in [0.25, 0.3) is 0 Å². The van der Waals surface area contributed by atoms with Gasteiger partial charge >= 0.3 is 5.97 Å². The Bertz CT molecular complexity index is 1180. The topological polar surface area (TPSA) is 64.6 Å². The van der Waals surface area contributed by atoms with E-state index in [0.29, 0.717) is 29.4 Å². The molecule has 0 aliphatic heterocycles. The van der Waals surface area contributed by atoms with E-state index in [9.17, 15) is 14.0 Å². The lowest BCUT2D eigenvalue weighted by Gasteiger charge is -2.26. The highest BCUT2D eigenvalue weighted by atomic mass is 35.5. The van der Waals surface area contributed by atoms with E-state index in [1.165, 1.54) is 13.2 Å². The minimum absolute atomic E-state index is 0.0224. The molecule has 1 aliphatic rings. The smallest absolute Gasteiger partial charge is 0.305 e. The Hall–Kier alpha value is -2.96. The van der Waals surface area contributed by atoms with Gasteiger partial charge in [-0.3, -0.25) is 9.59 Å². The minimum Gasteiger partial charge on any atom is -0.469 e. The minimum atomic E-state index is -0.446. The lowest BCUT2D eigenvalue weighted by molar-refractivity contribution is -0.140. The van der Waals surface area contributed by atoms with Crippen LogP contribution in [-0.4, -0.2) is 25.1 Å². The molecule has 3 rings (SSSR count). The predicted molar refractivity (Wildman–Crippen MR) is 148 cm³/mol. The van der Waals surface area contributed by atoms with Gasteiger partial charge in [-0.25, -0.2) is 4.39 Å². The van der Waals surface area contributed by atoms with Crippen LogP contribution in [0.1, 0.15) is 67.8 Å². The van der Waals surface area contributed by atoms with Gasteiger partial charge in [0.2, 0.25) is 0 Å². The molecule has 2 atom stereocenters. The van der Waals surface area contributed by atoms with Gasteiger partial charge in [0.15, 0.2) is 0 Å². The third kappa shape index (κ3) is 8.27. The maximum Gasteiger partial charge on any atom is 0.305 e. The highest BCUT2D eigenvalue weighted by molar-refractivity contribution is 6.31. The molecule has 0 spiro atoms. The molecular formula is C31H37ClFNO4. The van der Waals surface area contributed by atoms with E-state index in [4.69, 9.17) is 21.1 Å². The third-order valence-electron chi connectivity index (χ3n) is 6.53. The van der Waals surface area contributed by atoms with Crippen LogP contribution in [0.4, 0.5) is 4.39 Å². The SMILES string of the molecule is COC(=O)CCC1=CCC(OCc2c(F)cccc2Cl)C=C1C(=O)N[C@H](CC(C)C)c1cc(C)cc(C)c1. The summed E-state index contributed by atoms with van der Waals surface area (Å²) in [7, 11) is 1.35. The molecule has 0 heterocycles. The van der Waals surface area contributed by atoms with Crippen LogP contribution in [0, 0.1) is 25.6 Å². The van der Waals surface area contributed by atoms with Crippen molar-refractivity contribution in [3.63, 3.8) is 0 Å². The number of rotatable bonds is 11. The van der Waals surface area contributed by atoms with Gasteiger partial charge in [-0.2, -0.15) is 0 Å². The molecule has 1 aliphatic carbocycles. The summed E-state index contributed by atoms with van der Waals surface area (Å²) in [5.74, 6) is -0.652. The second kappa shape index (κ2) is 13.7. The average Bonchev–Trinajstić information content (AvgIpc) is 2.86. The van der Waals surface area contributed by atoms with E-state index in [2.05, 4.69) is 37.4 Å². The van der Waals surface area contributed by atoms with Gasteiger partial charge in [-0.05, 0) is 68.4 Å². The number of esters is 1. The standard InChI is InChI=1S/C31H37ClFNO4/c1-19(2)13-29(23-15-20(3)14-21(4)16-23)34-31(36)25-17-24(11-9-22(25)10-12-30(35)37-5)38-18-26-27(32)7-6-8-28(26)33/h6-9,14-17,19,24,29H,10-13,18H2,1-5H3,(H,34,36)/t24?,29-/m1/s1. The fraction of sp³-hybridized carbons (Fsp3) is 0.419. The number of ether oxygens (including phenoxy) is 2. The summed E-state index contributed by atoms with van der Waals surface area (Å²) in [6, 6.07) is 10.6. The van der Waals surface area contributed by atoms with Crippen LogP contribution in [0.3, 0.4) is 0 Å². The zero-order valence-electron chi connectivity index (χ0n) is 22.8. The molecule has 0 fully saturated rings. The molecule has 1 amide bonds. The fourth-order valence-electron chi connectivity index (χ4n) is 4.70. The monoisotopic (exact) mass is 541 g/mol. The van der Waals surface area contributed by atoms with Crippen molar-refractivity contribution in [1.29, 1.82) is 0 Å². The first-order chi connectivity index (χ1) is 18.1. The molecule has 38 heavy (non-hydrogen) atoms. The van der Waals surface area contributed by atoms with Crippen molar-refractivity contribution >= 4 is 23.5 Å². The number of amides is 1. The Morgan fingerprint density at radius 3 is 2.50 bits per heavy atom. The lowest BCUT2D eigenvalue weighted by atomic mass is 9.90. The Labute approximate surface area is 230 Å². The van der Waals surface area contributed by atoms with Crippen LogP contribution in [-0.2, 0) is 25.7 Å². The lowest BCUT2D eigenvalue weighted by Crippen LogP contribution is -2.33. The molecule has 204 valence electrons. The van der Waals surface area contributed by atoms with Gasteiger partial charge in [0.1, 0.15) is 5.82 Å². The highest BCUT2D eigenvalue weighted by Gasteiger charge is 2.26. The summed E-state index contributed by atoms with van der Waals surface area (Å²) in [5, 5.41) is 3.53. The van der Waals surface area contributed by atoms with E-state index >= 15 is 0 Å². The Balaban J connectivity index is 1.85. The number of methoxy groups -OCH3 is 1. The van der Waals surface area contributed by atoms with Gasteiger partial charge in [0.25, 0.3) is 5.91 Å². The molecule has 1 unspecified atom stereocenters. The molecule has 0 saturated carbocycles. The molecule has 0 bridgehead atoms. The van der Waals surface area contributed by atoms with E-state index in [1.807, 2.05) is 19.9 Å². The third-order valence-corrected chi connectivity index (χ3v) is 6.88. The Kier molecular flexibility index (Phi) is 10.7. The van der Waals surface area contributed by atoms with Crippen LogP contribution in [0.15, 0.2) is 59.7 Å². The van der Waals surface area contributed by atoms with Gasteiger partial charge < -0.3 is 14.8 Å². The van der Waals surface area contributed by atoms with Crippen molar-refractivity contribution < 1.29 is 23.5 Å². The normalized spacial score (nSPS) is 16.1. The zero-order valence-corrected chi connectivity index (χ0v) is 23.5. The molecule has 2 aromatic rings. The zero-order chi connectivity index (χ0) is 27.8. The summed E-state index contributed by atoms with van der Waals surface area (Å²) in [5.41, 5.74) is 4.84. The first kappa shape index (κ1) is 29.6. The molecule has 2 aromatic carbocycles. The first-order valence-electron chi connectivity index (χ1n) is 13.0. The molecule has 0 saturated heterocycles. The van der Waals surface area contributed by atoms with Crippen molar-refractivity contribution in [1.82, 2.24) is 5.32 Å². The van der Waals surface area contributed by atoms with Crippen molar-refractivity contribution in [2.24, 2.45) is 5.92 Å². The molecule has 1 N–H and O–H groups in total. The van der Waals surface area contributed by atoms with Crippen LogP contribution in [0.2, 0.25) is 5.02 Å². The largest absolute Gasteiger partial charge is 0.469 e. The van der Waals surface area contributed by atoms with Crippen molar-refractivity contribution in [3.8, 4) is 0 Å². The Morgan fingerprint density at radius 1 is 1.16 bits per heavy atom. The van der Waals surface area contributed by atoms with Crippen LogP contribution < -0.4 is 5.32 Å². The van der Waals surface area contributed by atoms with E-state index in [1.54, 1.807) is 18.2 Å². The van der Waals surface area contributed by atoms with Gasteiger partial charge in [-0.1, -0.05) is 66.9 Å². The summed E-state index contributed by atoms with van der Waals surface area (Å²) < 4.78 is 25.0. The Morgan fingerprint density at radius 2 is 1.87 bits per heavy atom. The van der Waals surface area contributed by atoms with E-state index in [0.717, 1.165) is 28.7 Å².